The van der Waals surface area contributed by atoms with Crippen LogP contribution in [-0.4, -0.2) is 73.6 Å². The van der Waals surface area contributed by atoms with Crippen LogP contribution in [-0.2, 0) is 33.9 Å². The smallest absolute Gasteiger partial charge is 0.336 e. The number of benzene rings is 2. The highest BCUT2D eigenvalue weighted by atomic mass is 16.5. The molecular weight excluding hydrogens is 520 g/mol. The topological polar surface area (TPSA) is 170 Å². The van der Waals surface area contributed by atoms with Crippen molar-refractivity contribution in [2.75, 3.05) is 19.8 Å². The van der Waals surface area contributed by atoms with E-state index in [1.165, 1.54) is 27.7 Å². The summed E-state index contributed by atoms with van der Waals surface area (Å²) in [5, 5.41) is 35.1. The fraction of sp³-hybridized carbons (Fsp3) is 0.345. The predicted octanol–water partition coefficient (Wildman–Crippen LogP) is 2.89. The van der Waals surface area contributed by atoms with E-state index in [2.05, 4.69) is 40.1 Å². The molecule has 0 bridgehead atoms. The molecule has 0 atom stereocenters. The summed E-state index contributed by atoms with van der Waals surface area (Å²) in [5.41, 5.74) is 2.42. The summed E-state index contributed by atoms with van der Waals surface area (Å²) < 4.78 is 11.2. The number of nitrogens with zero attached hydrogens (tertiary/aromatic N) is 1. The SMILES string of the molecule is C#CCOc1cccc(CN2CCc3[nH]c4ccc(OCC)cc4c3C2)c1.O=C(O)CC(O)(CC(=O)O)C(=O)O. The second-order valence-corrected chi connectivity index (χ2v) is 9.30. The van der Waals surface area contributed by atoms with Gasteiger partial charge < -0.3 is 34.9 Å². The van der Waals surface area contributed by atoms with Crippen molar-refractivity contribution >= 4 is 28.8 Å². The minimum Gasteiger partial charge on any atom is -0.494 e. The van der Waals surface area contributed by atoms with E-state index in [1.807, 2.05) is 25.1 Å². The standard InChI is InChI=1S/C23H24N2O2.C6H8O7/c1-3-12-27-18-7-5-6-17(13-18)15-25-11-10-23-21(16-25)20-14-19(26-4-2)8-9-22(20)24-23;7-3(8)1-6(13,5(11)12)2-4(9)10/h1,5-9,13-14,24H,4,10-12,15-16H2,2H3;13H,1-2H2,(H,7,8)(H,9,10)(H,11,12). The van der Waals surface area contributed by atoms with E-state index in [0.29, 0.717) is 13.2 Å². The first-order valence-corrected chi connectivity index (χ1v) is 12.6. The van der Waals surface area contributed by atoms with Gasteiger partial charge in [-0.05, 0) is 48.4 Å². The van der Waals surface area contributed by atoms with E-state index in [1.54, 1.807) is 0 Å². The monoisotopic (exact) mass is 552 g/mol. The minimum atomic E-state index is -2.74. The summed E-state index contributed by atoms with van der Waals surface area (Å²) in [4.78, 5) is 36.5. The molecule has 3 aromatic rings. The number of aliphatic carboxylic acids is 3. The van der Waals surface area contributed by atoms with Crippen molar-refractivity contribution in [1.29, 1.82) is 0 Å². The second kappa shape index (κ2) is 13.5. The fourth-order valence-electron chi connectivity index (χ4n) is 4.47. The van der Waals surface area contributed by atoms with Crippen molar-refractivity contribution in [1.82, 2.24) is 9.88 Å². The number of hydrogen-bond donors (Lipinski definition) is 5. The number of terminal acetylenes is 1. The molecule has 5 N–H and O–H groups in total. The van der Waals surface area contributed by atoms with Crippen molar-refractivity contribution in [3.05, 3.63) is 59.3 Å². The molecule has 11 nitrogen and oxygen atoms in total. The molecule has 0 amide bonds. The highest BCUT2D eigenvalue weighted by Crippen LogP contribution is 2.31. The Morgan fingerprint density at radius 2 is 1.75 bits per heavy atom. The molecular formula is C29H32N2O9. The highest BCUT2D eigenvalue weighted by Gasteiger charge is 2.40. The van der Waals surface area contributed by atoms with Gasteiger partial charge in [-0.25, -0.2) is 4.79 Å². The summed E-state index contributed by atoms with van der Waals surface area (Å²) in [6, 6.07) is 14.5. The number of H-pyrrole nitrogens is 1. The van der Waals surface area contributed by atoms with Gasteiger partial charge in [0.15, 0.2) is 5.60 Å². The Morgan fingerprint density at radius 1 is 1.05 bits per heavy atom. The number of carbonyl (C=O) groups is 3. The van der Waals surface area contributed by atoms with Gasteiger partial charge in [-0.2, -0.15) is 0 Å². The quantitative estimate of drug-likeness (QED) is 0.223. The lowest BCUT2D eigenvalue weighted by Gasteiger charge is -2.27. The lowest BCUT2D eigenvalue weighted by molar-refractivity contribution is -0.170. The van der Waals surface area contributed by atoms with E-state index < -0.39 is 36.4 Å². The van der Waals surface area contributed by atoms with E-state index in [9.17, 15) is 14.4 Å². The van der Waals surface area contributed by atoms with Crippen LogP contribution in [0.15, 0.2) is 42.5 Å². The van der Waals surface area contributed by atoms with Crippen LogP contribution in [0.2, 0.25) is 0 Å². The number of aromatic nitrogens is 1. The van der Waals surface area contributed by atoms with E-state index in [4.69, 9.17) is 36.3 Å². The molecule has 4 rings (SSSR count). The molecule has 0 radical (unpaired) electrons. The van der Waals surface area contributed by atoms with E-state index >= 15 is 0 Å². The lowest BCUT2D eigenvalue weighted by atomic mass is 9.96. The van der Waals surface area contributed by atoms with Gasteiger partial charge in [-0.3, -0.25) is 14.5 Å². The Labute approximate surface area is 231 Å². The number of ether oxygens (including phenoxy) is 2. The van der Waals surface area contributed by atoms with Crippen LogP contribution in [0.3, 0.4) is 0 Å². The highest BCUT2D eigenvalue weighted by molar-refractivity contribution is 5.88. The molecule has 11 heteroatoms. The fourth-order valence-corrected chi connectivity index (χ4v) is 4.47. The zero-order valence-corrected chi connectivity index (χ0v) is 22.1. The maximum atomic E-state index is 10.3. The summed E-state index contributed by atoms with van der Waals surface area (Å²) in [5.74, 6) is -0.747. The van der Waals surface area contributed by atoms with Gasteiger partial charge in [0, 0.05) is 42.7 Å². The number of carboxylic acids is 3. The Hall–Kier alpha value is -4.53. The van der Waals surface area contributed by atoms with Crippen LogP contribution in [0.4, 0.5) is 0 Å². The number of fused-ring (bicyclic) bond motifs is 3. The average Bonchev–Trinajstić information content (AvgIpc) is 3.24. The largest absolute Gasteiger partial charge is 0.494 e. The third-order valence-electron chi connectivity index (χ3n) is 6.25. The van der Waals surface area contributed by atoms with Crippen LogP contribution in [0.1, 0.15) is 36.6 Å². The van der Waals surface area contributed by atoms with Gasteiger partial charge in [-0.1, -0.05) is 18.1 Å². The van der Waals surface area contributed by atoms with Crippen molar-refractivity contribution in [2.45, 2.75) is 44.9 Å². The van der Waals surface area contributed by atoms with Gasteiger partial charge in [0.25, 0.3) is 0 Å². The first kappa shape index (κ1) is 30.0. The minimum absolute atomic E-state index is 0.300. The first-order chi connectivity index (χ1) is 19.0. The second-order valence-electron chi connectivity index (χ2n) is 9.30. The molecule has 2 aromatic carbocycles. The Kier molecular flexibility index (Phi) is 10.1. The van der Waals surface area contributed by atoms with Crippen LogP contribution < -0.4 is 9.47 Å². The summed E-state index contributed by atoms with van der Waals surface area (Å²) in [6.45, 7) is 5.86. The molecule has 2 heterocycles. The molecule has 0 fully saturated rings. The van der Waals surface area contributed by atoms with Crippen molar-refractivity contribution in [3.8, 4) is 23.8 Å². The van der Waals surface area contributed by atoms with E-state index in [0.717, 1.165) is 37.6 Å². The zero-order valence-electron chi connectivity index (χ0n) is 22.1. The van der Waals surface area contributed by atoms with Crippen molar-refractivity contribution in [2.24, 2.45) is 0 Å². The summed E-state index contributed by atoms with van der Waals surface area (Å²) in [6.07, 6.45) is 4.02. The third kappa shape index (κ3) is 7.99. The van der Waals surface area contributed by atoms with Crippen LogP contribution >= 0.6 is 0 Å². The van der Waals surface area contributed by atoms with Gasteiger partial charge >= 0.3 is 17.9 Å². The molecule has 40 heavy (non-hydrogen) atoms. The lowest BCUT2D eigenvalue weighted by Crippen LogP contribution is -2.42. The van der Waals surface area contributed by atoms with Gasteiger partial charge in [0.1, 0.15) is 18.1 Å². The van der Waals surface area contributed by atoms with Gasteiger partial charge in [0.05, 0.1) is 19.4 Å². The van der Waals surface area contributed by atoms with Crippen LogP contribution in [0.25, 0.3) is 10.9 Å². The zero-order chi connectivity index (χ0) is 29.3. The number of aliphatic hydroxyl groups is 1. The molecule has 1 aliphatic heterocycles. The number of carboxylic acid groups (broad SMARTS) is 3. The Morgan fingerprint density at radius 3 is 2.38 bits per heavy atom. The maximum Gasteiger partial charge on any atom is 0.336 e. The normalized spacial score (nSPS) is 12.9. The molecule has 1 aliphatic rings. The number of aromatic amines is 1. The maximum absolute atomic E-state index is 10.3. The number of rotatable bonds is 11. The predicted molar refractivity (Wildman–Crippen MR) is 145 cm³/mol. The summed E-state index contributed by atoms with van der Waals surface area (Å²) in [7, 11) is 0. The Balaban J connectivity index is 0.000000289. The molecule has 1 aromatic heterocycles. The molecule has 0 saturated carbocycles. The molecule has 0 aliphatic carbocycles. The van der Waals surface area contributed by atoms with E-state index in [-0.39, 0.29) is 0 Å². The van der Waals surface area contributed by atoms with Crippen molar-refractivity contribution < 1.29 is 44.3 Å². The van der Waals surface area contributed by atoms with Crippen LogP contribution in [0, 0.1) is 12.3 Å². The molecule has 0 spiro atoms. The van der Waals surface area contributed by atoms with Gasteiger partial charge in [0.2, 0.25) is 0 Å². The Bertz CT molecular complexity index is 1390. The molecule has 212 valence electrons. The average molecular weight is 553 g/mol. The first-order valence-electron chi connectivity index (χ1n) is 12.6. The number of nitrogens with one attached hydrogen (secondary N) is 1. The van der Waals surface area contributed by atoms with Gasteiger partial charge in [-0.15, -0.1) is 6.42 Å². The van der Waals surface area contributed by atoms with Crippen molar-refractivity contribution in [3.63, 3.8) is 0 Å². The van der Waals surface area contributed by atoms with Crippen LogP contribution in [0.5, 0.6) is 11.5 Å². The third-order valence-corrected chi connectivity index (χ3v) is 6.25. The molecule has 0 saturated heterocycles. The summed E-state index contributed by atoms with van der Waals surface area (Å²) >= 11 is 0. The molecule has 0 unspecified atom stereocenters. The number of hydrogen-bond acceptors (Lipinski definition) is 7.